The predicted molar refractivity (Wildman–Crippen MR) is 77.0 cm³/mol. The highest BCUT2D eigenvalue weighted by Crippen LogP contribution is 2.30. The Labute approximate surface area is 123 Å². The number of carbonyl (C=O) groups is 2. The molecule has 5 nitrogen and oxygen atoms in total. The molecule has 1 saturated heterocycles. The van der Waals surface area contributed by atoms with E-state index in [2.05, 4.69) is 0 Å². The maximum atomic E-state index is 11.9. The van der Waals surface area contributed by atoms with Crippen molar-refractivity contribution in [1.82, 2.24) is 4.90 Å². The van der Waals surface area contributed by atoms with Crippen molar-refractivity contribution in [2.45, 2.75) is 38.1 Å². The molecule has 0 aromatic heterocycles. The molecule has 1 aliphatic carbocycles. The van der Waals surface area contributed by atoms with Gasteiger partial charge in [-0.15, -0.1) is 0 Å². The molecule has 1 atom stereocenters. The van der Waals surface area contributed by atoms with Crippen LogP contribution in [0.1, 0.15) is 41.6 Å². The minimum Gasteiger partial charge on any atom is -0.491 e. The average molecular weight is 289 g/mol. The van der Waals surface area contributed by atoms with Gasteiger partial charge >= 0.3 is 6.09 Å². The summed E-state index contributed by atoms with van der Waals surface area (Å²) in [4.78, 5) is 24.5. The van der Waals surface area contributed by atoms with E-state index < -0.39 is 6.09 Å². The summed E-state index contributed by atoms with van der Waals surface area (Å²) in [5, 5.41) is 9.13. The Hall–Kier alpha value is -2.04. The van der Waals surface area contributed by atoms with Crippen LogP contribution < -0.4 is 4.74 Å². The van der Waals surface area contributed by atoms with Crippen LogP contribution in [0.3, 0.4) is 0 Å². The average Bonchev–Trinajstić information content (AvgIpc) is 2.94. The summed E-state index contributed by atoms with van der Waals surface area (Å²) in [5.74, 6) is 0.910. The second-order valence-electron chi connectivity index (χ2n) is 5.64. The van der Waals surface area contributed by atoms with Crippen LogP contribution in [0.4, 0.5) is 4.79 Å². The van der Waals surface area contributed by atoms with Crippen LogP contribution >= 0.6 is 0 Å². The fourth-order valence-electron chi connectivity index (χ4n) is 3.23. The lowest BCUT2D eigenvalue weighted by atomic mass is 9.90. The minimum atomic E-state index is -0.883. The molecular formula is C16H19NO4. The Bertz CT molecular complexity index is 569. The Morgan fingerprint density at radius 2 is 2.19 bits per heavy atom. The summed E-state index contributed by atoms with van der Waals surface area (Å²) in [6.07, 6.45) is 3.14. The Kier molecular flexibility index (Phi) is 3.82. The first-order valence-corrected chi connectivity index (χ1v) is 7.44. The summed E-state index contributed by atoms with van der Waals surface area (Å²) < 4.78 is 5.86. The second-order valence-corrected chi connectivity index (χ2v) is 5.64. The SMILES string of the molecule is O=C1CCCc2c(OC[C@H]3CCCN3C(=O)O)cccc21. The summed E-state index contributed by atoms with van der Waals surface area (Å²) in [6, 6.07) is 5.47. The van der Waals surface area contributed by atoms with Crippen LogP contribution in [0.25, 0.3) is 0 Å². The molecule has 21 heavy (non-hydrogen) atoms. The molecule has 1 aromatic rings. The van der Waals surface area contributed by atoms with Crippen LogP contribution in [-0.2, 0) is 6.42 Å². The fraction of sp³-hybridized carbons (Fsp3) is 0.500. The third-order valence-corrected chi connectivity index (χ3v) is 4.32. The van der Waals surface area contributed by atoms with Crippen LogP contribution in [0, 0.1) is 0 Å². The topological polar surface area (TPSA) is 66.8 Å². The fourth-order valence-corrected chi connectivity index (χ4v) is 3.23. The first-order valence-electron chi connectivity index (χ1n) is 7.44. The Morgan fingerprint density at radius 3 is 3.00 bits per heavy atom. The molecule has 0 saturated carbocycles. The number of Topliss-reactive ketones (excluding diaryl/α,β-unsaturated/α-hetero) is 1. The number of carbonyl (C=O) groups excluding carboxylic acids is 1. The molecule has 1 N–H and O–H groups in total. The van der Waals surface area contributed by atoms with Gasteiger partial charge in [-0.05, 0) is 31.7 Å². The third kappa shape index (κ3) is 2.73. The molecule has 1 aromatic carbocycles. The van der Waals surface area contributed by atoms with Crippen LogP contribution in [0.5, 0.6) is 5.75 Å². The number of benzene rings is 1. The van der Waals surface area contributed by atoms with Crippen molar-refractivity contribution in [1.29, 1.82) is 0 Å². The molecule has 112 valence electrons. The summed E-state index contributed by atoms with van der Waals surface area (Å²) in [5.41, 5.74) is 1.74. The second kappa shape index (κ2) is 5.76. The maximum Gasteiger partial charge on any atom is 0.407 e. The minimum absolute atomic E-state index is 0.0855. The van der Waals surface area contributed by atoms with E-state index in [1.165, 1.54) is 4.90 Å². The van der Waals surface area contributed by atoms with Gasteiger partial charge in [-0.2, -0.15) is 0 Å². The van der Waals surface area contributed by atoms with Gasteiger partial charge in [0.15, 0.2) is 5.78 Å². The van der Waals surface area contributed by atoms with Crippen LogP contribution in [0.15, 0.2) is 18.2 Å². The van der Waals surface area contributed by atoms with Crippen molar-refractivity contribution in [3.8, 4) is 5.75 Å². The van der Waals surface area contributed by atoms with Gasteiger partial charge in [-0.1, -0.05) is 12.1 Å². The normalized spacial score (nSPS) is 21.2. The van der Waals surface area contributed by atoms with Crippen LogP contribution in [-0.4, -0.2) is 41.1 Å². The van der Waals surface area contributed by atoms with E-state index in [1.807, 2.05) is 18.2 Å². The molecule has 0 radical (unpaired) electrons. The highest BCUT2D eigenvalue weighted by atomic mass is 16.5. The maximum absolute atomic E-state index is 11.9. The van der Waals surface area contributed by atoms with E-state index in [9.17, 15) is 9.59 Å². The molecule has 3 rings (SSSR count). The molecule has 0 spiro atoms. The number of carboxylic acid groups (broad SMARTS) is 1. The quantitative estimate of drug-likeness (QED) is 0.929. The standard InChI is InChI=1S/C16H19NO4/c18-14-7-1-6-13-12(14)5-2-8-15(13)21-10-11-4-3-9-17(11)16(19)20/h2,5,8,11H,1,3-4,6-7,9-10H2,(H,19,20)/t11-/m1/s1. The largest absolute Gasteiger partial charge is 0.491 e. The Morgan fingerprint density at radius 1 is 1.33 bits per heavy atom. The third-order valence-electron chi connectivity index (χ3n) is 4.32. The number of fused-ring (bicyclic) bond motifs is 1. The van der Waals surface area contributed by atoms with E-state index in [1.54, 1.807) is 0 Å². The smallest absolute Gasteiger partial charge is 0.407 e. The van der Waals surface area contributed by atoms with E-state index in [0.717, 1.165) is 42.6 Å². The van der Waals surface area contributed by atoms with Gasteiger partial charge in [0.05, 0.1) is 6.04 Å². The molecule has 5 heteroatoms. The zero-order valence-corrected chi connectivity index (χ0v) is 11.9. The van der Waals surface area contributed by atoms with Crippen molar-refractivity contribution < 1.29 is 19.4 Å². The van der Waals surface area contributed by atoms with Crippen molar-refractivity contribution in [2.24, 2.45) is 0 Å². The lowest BCUT2D eigenvalue weighted by Crippen LogP contribution is -2.38. The van der Waals surface area contributed by atoms with E-state index in [-0.39, 0.29) is 11.8 Å². The summed E-state index contributed by atoms with van der Waals surface area (Å²) in [7, 11) is 0. The molecule has 1 aliphatic heterocycles. The van der Waals surface area contributed by atoms with Gasteiger partial charge in [0.2, 0.25) is 0 Å². The van der Waals surface area contributed by atoms with Crippen molar-refractivity contribution in [3.05, 3.63) is 29.3 Å². The summed E-state index contributed by atoms with van der Waals surface area (Å²) >= 11 is 0. The van der Waals surface area contributed by atoms with Crippen molar-refractivity contribution in [3.63, 3.8) is 0 Å². The predicted octanol–water partition coefficient (Wildman–Crippen LogP) is 2.73. The van der Waals surface area contributed by atoms with E-state index in [4.69, 9.17) is 9.84 Å². The first-order chi connectivity index (χ1) is 10.2. The van der Waals surface area contributed by atoms with Gasteiger partial charge in [0.25, 0.3) is 0 Å². The lowest BCUT2D eigenvalue weighted by Gasteiger charge is -2.23. The monoisotopic (exact) mass is 289 g/mol. The number of ketones is 1. The van der Waals surface area contributed by atoms with Gasteiger partial charge in [-0.3, -0.25) is 4.79 Å². The number of hydrogen-bond donors (Lipinski definition) is 1. The zero-order chi connectivity index (χ0) is 14.8. The Balaban J connectivity index is 1.73. The molecular weight excluding hydrogens is 270 g/mol. The first kappa shape index (κ1) is 13.9. The van der Waals surface area contributed by atoms with Gasteiger partial charge in [-0.25, -0.2) is 4.79 Å². The summed E-state index contributed by atoms with van der Waals surface area (Å²) in [6.45, 7) is 0.936. The number of ether oxygens (including phenoxy) is 1. The van der Waals surface area contributed by atoms with Gasteiger partial charge in [0, 0.05) is 24.1 Å². The number of hydrogen-bond acceptors (Lipinski definition) is 3. The molecule has 1 fully saturated rings. The van der Waals surface area contributed by atoms with Crippen LogP contribution in [0.2, 0.25) is 0 Å². The highest BCUT2D eigenvalue weighted by molar-refractivity contribution is 5.99. The molecule has 0 unspecified atom stereocenters. The number of rotatable bonds is 3. The molecule has 1 amide bonds. The van der Waals surface area contributed by atoms with Gasteiger partial charge in [0.1, 0.15) is 12.4 Å². The molecule has 2 aliphatic rings. The zero-order valence-electron chi connectivity index (χ0n) is 11.9. The highest BCUT2D eigenvalue weighted by Gasteiger charge is 2.29. The van der Waals surface area contributed by atoms with Gasteiger partial charge < -0.3 is 14.7 Å². The van der Waals surface area contributed by atoms with Crippen molar-refractivity contribution >= 4 is 11.9 Å². The number of amides is 1. The number of nitrogens with zero attached hydrogens (tertiary/aromatic N) is 1. The number of likely N-dealkylation sites (tertiary alicyclic amines) is 1. The van der Waals surface area contributed by atoms with E-state index in [0.29, 0.717) is 19.6 Å². The van der Waals surface area contributed by atoms with E-state index >= 15 is 0 Å². The van der Waals surface area contributed by atoms with Crippen molar-refractivity contribution in [2.75, 3.05) is 13.2 Å². The lowest BCUT2D eigenvalue weighted by molar-refractivity contribution is 0.0971. The molecule has 0 bridgehead atoms. The molecule has 1 heterocycles.